The van der Waals surface area contributed by atoms with Crippen molar-refractivity contribution < 1.29 is 19.1 Å². The Morgan fingerprint density at radius 3 is 2.38 bits per heavy atom. The molecule has 1 atom stereocenters. The molecule has 146 valence electrons. The summed E-state index contributed by atoms with van der Waals surface area (Å²) in [6.07, 6.45) is 1.51. The van der Waals surface area contributed by atoms with Crippen LogP contribution in [0.1, 0.15) is 22.9 Å². The summed E-state index contributed by atoms with van der Waals surface area (Å²) in [5.74, 6) is -1.12. The Morgan fingerprint density at radius 2 is 1.76 bits per heavy atom. The third-order valence-corrected chi connectivity index (χ3v) is 5.53. The molecule has 1 unspecified atom stereocenters. The number of Topliss-reactive ketones (excluding diaryl/α,β-unsaturated/α-hetero) is 1. The van der Waals surface area contributed by atoms with Crippen molar-refractivity contribution >= 4 is 45.0 Å². The highest BCUT2D eigenvalue weighted by Crippen LogP contribution is 2.40. The van der Waals surface area contributed by atoms with E-state index in [1.165, 1.54) is 11.2 Å². The van der Waals surface area contributed by atoms with Gasteiger partial charge in [-0.15, -0.1) is 0 Å². The Bertz CT molecular complexity index is 1090. The van der Waals surface area contributed by atoms with Crippen LogP contribution in [0, 0.1) is 0 Å². The first-order valence-corrected chi connectivity index (χ1v) is 9.95. The summed E-state index contributed by atoms with van der Waals surface area (Å²) < 4.78 is 6.20. The number of carbonyl (C=O) groups is 2. The van der Waals surface area contributed by atoms with Crippen LogP contribution in [-0.2, 0) is 16.1 Å². The molecule has 1 N–H and O–H groups in total. The Labute approximate surface area is 180 Å². The molecule has 1 fully saturated rings. The van der Waals surface area contributed by atoms with Gasteiger partial charge in [-0.05, 0) is 42.0 Å². The lowest BCUT2D eigenvalue weighted by Crippen LogP contribution is -2.29. The van der Waals surface area contributed by atoms with E-state index in [4.69, 9.17) is 16.0 Å². The molecule has 7 heteroatoms. The van der Waals surface area contributed by atoms with Gasteiger partial charge in [0.2, 0.25) is 0 Å². The number of nitrogens with zero attached hydrogens (tertiary/aromatic N) is 1. The maximum atomic E-state index is 12.9. The molecule has 1 saturated heterocycles. The topological polar surface area (TPSA) is 70.8 Å². The molecule has 5 nitrogen and oxygen atoms in total. The second-order valence-corrected chi connectivity index (χ2v) is 7.92. The molecule has 0 spiro atoms. The number of hydrogen-bond donors (Lipinski definition) is 1. The van der Waals surface area contributed by atoms with Gasteiger partial charge in [-0.3, -0.25) is 9.59 Å². The highest BCUT2D eigenvalue weighted by Gasteiger charge is 2.46. The van der Waals surface area contributed by atoms with Crippen LogP contribution in [0.3, 0.4) is 0 Å². The molecule has 1 aliphatic rings. The number of hydrogen-bond acceptors (Lipinski definition) is 4. The monoisotopic (exact) mass is 471 g/mol. The fraction of sp³-hybridized carbons (Fsp3) is 0.0909. The highest BCUT2D eigenvalue weighted by atomic mass is 79.9. The van der Waals surface area contributed by atoms with Crippen molar-refractivity contribution in [3.05, 3.63) is 98.9 Å². The third kappa shape index (κ3) is 3.73. The summed E-state index contributed by atoms with van der Waals surface area (Å²) in [6, 6.07) is 16.4. The lowest BCUT2D eigenvalue weighted by atomic mass is 9.95. The quantitative estimate of drug-likeness (QED) is 0.317. The molecule has 2 heterocycles. The smallest absolute Gasteiger partial charge is 0.296 e. The molecular formula is C22H15BrClNO4. The second kappa shape index (κ2) is 7.89. The van der Waals surface area contributed by atoms with E-state index in [2.05, 4.69) is 15.9 Å². The van der Waals surface area contributed by atoms with Gasteiger partial charge in [0.25, 0.3) is 11.7 Å². The lowest BCUT2D eigenvalue weighted by Gasteiger charge is -2.24. The van der Waals surface area contributed by atoms with Gasteiger partial charge in [0, 0.05) is 15.1 Å². The first kappa shape index (κ1) is 19.5. The van der Waals surface area contributed by atoms with E-state index in [-0.39, 0.29) is 17.9 Å². The minimum atomic E-state index is -0.763. The van der Waals surface area contributed by atoms with Crippen LogP contribution >= 0.6 is 27.5 Å². The maximum Gasteiger partial charge on any atom is 0.296 e. The number of aliphatic hydroxyl groups excluding tert-OH is 1. The molecule has 0 aliphatic carbocycles. The number of rotatable bonds is 4. The van der Waals surface area contributed by atoms with E-state index in [0.717, 1.165) is 4.47 Å². The van der Waals surface area contributed by atoms with Gasteiger partial charge < -0.3 is 14.4 Å². The molecule has 1 aliphatic heterocycles. The molecule has 3 aromatic rings. The molecule has 1 amide bonds. The van der Waals surface area contributed by atoms with E-state index < -0.39 is 17.7 Å². The Kier molecular flexibility index (Phi) is 5.30. The van der Waals surface area contributed by atoms with Crippen molar-refractivity contribution in [3.63, 3.8) is 0 Å². The highest BCUT2D eigenvalue weighted by molar-refractivity contribution is 9.10. The van der Waals surface area contributed by atoms with E-state index in [1.807, 2.05) is 0 Å². The Morgan fingerprint density at radius 1 is 1.07 bits per heavy atom. The van der Waals surface area contributed by atoms with Crippen molar-refractivity contribution in [2.75, 3.05) is 0 Å². The molecule has 0 saturated carbocycles. The molecular weight excluding hydrogens is 458 g/mol. The van der Waals surface area contributed by atoms with E-state index in [1.54, 1.807) is 60.7 Å². The van der Waals surface area contributed by atoms with E-state index >= 15 is 0 Å². The van der Waals surface area contributed by atoms with Gasteiger partial charge in [-0.2, -0.15) is 0 Å². The Hall–Kier alpha value is -2.83. The van der Waals surface area contributed by atoms with Crippen LogP contribution in [0.15, 0.2) is 81.4 Å². The van der Waals surface area contributed by atoms with Gasteiger partial charge in [-0.1, -0.05) is 51.8 Å². The van der Waals surface area contributed by atoms with Gasteiger partial charge in [-0.25, -0.2) is 0 Å². The summed E-state index contributed by atoms with van der Waals surface area (Å²) in [5.41, 5.74) is 1.15. The fourth-order valence-electron chi connectivity index (χ4n) is 3.37. The van der Waals surface area contributed by atoms with Crippen LogP contribution in [0.25, 0.3) is 5.76 Å². The van der Waals surface area contributed by atoms with Gasteiger partial charge in [0.1, 0.15) is 11.5 Å². The summed E-state index contributed by atoms with van der Waals surface area (Å²) in [6.45, 7) is 0.0992. The second-order valence-electron chi connectivity index (χ2n) is 6.56. The zero-order chi connectivity index (χ0) is 20.5. The number of likely N-dealkylation sites (tertiary alicyclic amines) is 1. The molecule has 29 heavy (non-hydrogen) atoms. The van der Waals surface area contributed by atoms with Gasteiger partial charge >= 0.3 is 0 Å². The van der Waals surface area contributed by atoms with Crippen LogP contribution in [0.2, 0.25) is 5.02 Å². The number of carbonyl (C=O) groups excluding carboxylic acids is 2. The molecule has 0 radical (unpaired) electrons. The predicted octanol–water partition coefficient (Wildman–Crippen LogP) is 5.32. The number of amides is 1. The lowest BCUT2D eigenvalue weighted by molar-refractivity contribution is -0.140. The molecule has 2 aromatic carbocycles. The average molecular weight is 473 g/mol. The van der Waals surface area contributed by atoms with Crippen molar-refractivity contribution in [2.24, 2.45) is 0 Å². The number of halogens is 2. The van der Waals surface area contributed by atoms with Gasteiger partial charge in [0.15, 0.2) is 0 Å². The SMILES string of the molecule is O=C1C(=O)N(Cc2ccco2)C(c2ccc(Cl)cc2)C1=C(O)c1ccc(Br)cc1. The number of ketones is 1. The van der Waals surface area contributed by atoms with E-state index in [0.29, 0.717) is 21.9 Å². The largest absolute Gasteiger partial charge is 0.507 e. The normalized spacial score (nSPS) is 18.4. The standard InChI is InChI=1S/C22H15BrClNO4/c23-15-7-3-14(4-8-15)20(26)18-19(13-5-9-16(24)10-6-13)25(22(28)21(18)27)12-17-2-1-11-29-17/h1-11,19,26H,12H2. The van der Waals surface area contributed by atoms with Crippen molar-refractivity contribution in [2.45, 2.75) is 12.6 Å². The summed E-state index contributed by atoms with van der Waals surface area (Å²) in [4.78, 5) is 27.1. The van der Waals surface area contributed by atoms with Crippen molar-refractivity contribution in [3.8, 4) is 0 Å². The average Bonchev–Trinajstić information content (AvgIpc) is 3.31. The first-order chi connectivity index (χ1) is 14.0. The minimum absolute atomic E-state index is 0.0335. The van der Waals surface area contributed by atoms with Crippen LogP contribution in [0.4, 0.5) is 0 Å². The fourth-order valence-corrected chi connectivity index (χ4v) is 3.76. The van der Waals surface area contributed by atoms with Crippen LogP contribution in [-0.4, -0.2) is 21.7 Å². The minimum Gasteiger partial charge on any atom is -0.507 e. The van der Waals surface area contributed by atoms with Crippen molar-refractivity contribution in [1.29, 1.82) is 0 Å². The van der Waals surface area contributed by atoms with E-state index in [9.17, 15) is 14.7 Å². The van der Waals surface area contributed by atoms with Crippen LogP contribution in [0.5, 0.6) is 0 Å². The summed E-state index contributed by atoms with van der Waals surface area (Å²) in [5, 5.41) is 11.5. The summed E-state index contributed by atoms with van der Waals surface area (Å²) in [7, 11) is 0. The zero-order valence-electron chi connectivity index (χ0n) is 15.0. The zero-order valence-corrected chi connectivity index (χ0v) is 17.4. The number of benzene rings is 2. The molecule has 1 aromatic heterocycles. The predicted molar refractivity (Wildman–Crippen MR) is 112 cm³/mol. The third-order valence-electron chi connectivity index (χ3n) is 4.75. The number of aliphatic hydroxyl groups is 1. The van der Waals surface area contributed by atoms with Crippen molar-refractivity contribution in [1.82, 2.24) is 4.90 Å². The molecule has 4 rings (SSSR count). The summed E-state index contributed by atoms with van der Waals surface area (Å²) >= 11 is 9.36. The first-order valence-electron chi connectivity index (χ1n) is 8.78. The maximum absolute atomic E-state index is 12.9. The van der Waals surface area contributed by atoms with Gasteiger partial charge in [0.05, 0.1) is 24.4 Å². The Balaban J connectivity index is 1.86. The van der Waals surface area contributed by atoms with Crippen LogP contribution < -0.4 is 0 Å². The molecule has 0 bridgehead atoms. The number of furan rings is 1.